The highest BCUT2D eigenvalue weighted by atomic mass is 32.1. The van der Waals surface area contributed by atoms with Crippen LogP contribution in [-0.4, -0.2) is 6.18 Å². The number of nitrogens with zero attached hydrogens (tertiary/aromatic N) is 1. The van der Waals surface area contributed by atoms with Crippen molar-refractivity contribution in [2.45, 2.75) is 12.6 Å². The summed E-state index contributed by atoms with van der Waals surface area (Å²) < 4.78 is 39.7. The van der Waals surface area contributed by atoms with E-state index in [1.54, 1.807) is 48.5 Å². The van der Waals surface area contributed by atoms with E-state index in [1.807, 2.05) is 0 Å². The third-order valence-corrected chi connectivity index (χ3v) is 4.61. The van der Waals surface area contributed by atoms with Crippen LogP contribution in [0.3, 0.4) is 0 Å². The number of thiophene rings is 1. The fourth-order valence-electron chi connectivity index (χ4n) is 2.47. The Morgan fingerprint density at radius 2 is 1.68 bits per heavy atom. The van der Waals surface area contributed by atoms with E-state index in [2.05, 4.69) is 6.07 Å². The van der Waals surface area contributed by atoms with Crippen LogP contribution in [-0.2, 0) is 6.42 Å². The Labute approximate surface area is 129 Å². The number of nitriles is 1. The highest BCUT2D eigenvalue weighted by Gasteiger charge is 2.31. The zero-order valence-electron chi connectivity index (χ0n) is 11.3. The minimum Gasteiger partial charge on any atom is -0.192 e. The number of halogens is 3. The second-order valence-electron chi connectivity index (χ2n) is 4.86. The van der Waals surface area contributed by atoms with Crippen molar-refractivity contribution in [2.75, 3.05) is 0 Å². The molecule has 0 aliphatic rings. The van der Waals surface area contributed by atoms with Gasteiger partial charge in [-0.05, 0) is 23.1 Å². The molecule has 0 radical (unpaired) electrons. The summed E-state index contributed by atoms with van der Waals surface area (Å²) in [5.41, 5.74) is 1.19. The van der Waals surface area contributed by atoms with Gasteiger partial charge in [-0.25, -0.2) is 0 Å². The second kappa shape index (κ2) is 5.47. The molecule has 2 aromatic carbocycles. The first-order valence-electron chi connectivity index (χ1n) is 6.56. The number of alkyl halides is 3. The van der Waals surface area contributed by atoms with Crippen LogP contribution >= 0.6 is 11.3 Å². The minimum absolute atomic E-state index is 0.246. The van der Waals surface area contributed by atoms with Gasteiger partial charge in [0.2, 0.25) is 0 Å². The summed E-state index contributed by atoms with van der Waals surface area (Å²) in [7, 11) is 0. The Bertz CT molecular complexity index is 871. The highest BCUT2D eigenvalue weighted by Crippen LogP contribution is 2.42. The van der Waals surface area contributed by atoms with Crippen LogP contribution in [0.1, 0.15) is 11.1 Å². The molecule has 0 bridgehead atoms. The standard InChI is InChI=1S/C17H10F3NS/c18-17(19,20)9-14-13-7-3-4-8-15(13)22-16(14)12-6-2-1-5-11(12)10-21/h1-8H,9H2. The van der Waals surface area contributed by atoms with E-state index in [0.717, 1.165) is 4.70 Å². The van der Waals surface area contributed by atoms with E-state index in [9.17, 15) is 18.4 Å². The molecule has 0 fully saturated rings. The van der Waals surface area contributed by atoms with Crippen LogP contribution in [0.25, 0.3) is 20.5 Å². The minimum atomic E-state index is -4.29. The summed E-state index contributed by atoms with van der Waals surface area (Å²) in [4.78, 5) is 0.524. The normalized spacial score (nSPS) is 11.5. The maximum Gasteiger partial charge on any atom is 0.393 e. The predicted molar refractivity (Wildman–Crippen MR) is 81.7 cm³/mol. The average molecular weight is 317 g/mol. The number of hydrogen-bond donors (Lipinski definition) is 0. The van der Waals surface area contributed by atoms with Crippen LogP contribution in [0.5, 0.6) is 0 Å². The van der Waals surface area contributed by atoms with Crippen molar-refractivity contribution in [3.8, 4) is 16.5 Å². The Morgan fingerprint density at radius 3 is 2.41 bits per heavy atom. The van der Waals surface area contributed by atoms with Gasteiger partial charge in [0.1, 0.15) is 0 Å². The molecular formula is C17H10F3NS. The molecule has 0 unspecified atom stereocenters. The SMILES string of the molecule is N#Cc1ccccc1-c1sc2ccccc2c1CC(F)(F)F. The van der Waals surface area contributed by atoms with Crippen LogP contribution in [0.15, 0.2) is 48.5 Å². The van der Waals surface area contributed by atoms with Crippen molar-refractivity contribution >= 4 is 21.4 Å². The van der Waals surface area contributed by atoms with Crippen molar-refractivity contribution in [2.24, 2.45) is 0 Å². The Kier molecular flexibility index (Phi) is 3.63. The third kappa shape index (κ3) is 2.70. The molecule has 0 aliphatic heterocycles. The monoisotopic (exact) mass is 317 g/mol. The van der Waals surface area contributed by atoms with Gasteiger partial charge in [-0.15, -0.1) is 11.3 Å². The molecule has 0 saturated carbocycles. The lowest BCUT2D eigenvalue weighted by atomic mass is 10.00. The molecule has 0 amide bonds. The summed E-state index contributed by atoms with van der Waals surface area (Å²) in [6.07, 6.45) is -5.29. The van der Waals surface area contributed by atoms with Gasteiger partial charge in [-0.2, -0.15) is 18.4 Å². The lowest BCUT2D eigenvalue weighted by Gasteiger charge is -2.09. The molecule has 0 N–H and O–H groups in total. The van der Waals surface area contributed by atoms with E-state index < -0.39 is 12.6 Å². The number of benzene rings is 2. The summed E-state index contributed by atoms with van der Waals surface area (Å²) in [5.74, 6) is 0. The molecule has 0 atom stereocenters. The maximum atomic E-state index is 13.0. The maximum absolute atomic E-state index is 13.0. The summed E-state index contributed by atoms with van der Waals surface area (Å²) in [5, 5.41) is 9.81. The van der Waals surface area contributed by atoms with Gasteiger partial charge in [0.15, 0.2) is 0 Å². The molecule has 3 aromatic rings. The Hall–Kier alpha value is -2.32. The van der Waals surface area contributed by atoms with Crippen molar-refractivity contribution < 1.29 is 13.2 Å². The summed E-state index contributed by atoms with van der Waals surface area (Å²) in [6, 6.07) is 15.9. The molecule has 0 spiro atoms. The van der Waals surface area contributed by atoms with Gasteiger partial charge >= 0.3 is 6.18 Å². The van der Waals surface area contributed by atoms with Crippen molar-refractivity contribution in [1.29, 1.82) is 5.26 Å². The second-order valence-corrected chi connectivity index (χ2v) is 5.91. The molecule has 0 saturated heterocycles. The zero-order valence-corrected chi connectivity index (χ0v) is 12.1. The van der Waals surface area contributed by atoms with Crippen LogP contribution < -0.4 is 0 Å². The smallest absolute Gasteiger partial charge is 0.192 e. The van der Waals surface area contributed by atoms with E-state index in [1.165, 1.54) is 11.3 Å². The molecule has 110 valence electrons. The van der Waals surface area contributed by atoms with Crippen molar-refractivity contribution in [3.05, 3.63) is 59.7 Å². The zero-order chi connectivity index (χ0) is 15.7. The van der Waals surface area contributed by atoms with Gasteiger partial charge in [-0.1, -0.05) is 36.4 Å². The van der Waals surface area contributed by atoms with E-state index in [0.29, 0.717) is 21.4 Å². The van der Waals surface area contributed by atoms with Crippen LogP contribution in [0.2, 0.25) is 0 Å². The van der Waals surface area contributed by atoms with Gasteiger partial charge in [-0.3, -0.25) is 0 Å². The van der Waals surface area contributed by atoms with Crippen molar-refractivity contribution in [1.82, 2.24) is 0 Å². The van der Waals surface area contributed by atoms with Gasteiger partial charge in [0, 0.05) is 15.1 Å². The van der Waals surface area contributed by atoms with Crippen molar-refractivity contribution in [3.63, 3.8) is 0 Å². The molecular weight excluding hydrogens is 307 g/mol. The number of fused-ring (bicyclic) bond motifs is 1. The van der Waals surface area contributed by atoms with Crippen LogP contribution in [0, 0.1) is 11.3 Å². The molecule has 3 rings (SSSR count). The molecule has 0 aliphatic carbocycles. The average Bonchev–Trinajstić information content (AvgIpc) is 2.84. The molecule has 1 heterocycles. The molecule has 22 heavy (non-hydrogen) atoms. The number of hydrogen-bond acceptors (Lipinski definition) is 2. The molecule has 1 nitrogen and oxygen atoms in total. The topological polar surface area (TPSA) is 23.8 Å². The lowest BCUT2D eigenvalue weighted by Crippen LogP contribution is -2.11. The first-order chi connectivity index (χ1) is 10.5. The highest BCUT2D eigenvalue weighted by molar-refractivity contribution is 7.22. The van der Waals surface area contributed by atoms with E-state index in [4.69, 9.17) is 0 Å². The Morgan fingerprint density at radius 1 is 1.00 bits per heavy atom. The van der Waals surface area contributed by atoms with Gasteiger partial charge < -0.3 is 0 Å². The quantitative estimate of drug-likeness (QED) is 0.608. The first kappa shape index (κ1) is 14.6. The first-order valence-corrected chi connectivity index (χ1v) is 7.38. The molecule has 5 heteroatoms. The van der Waals surface area contributed by atoms with E-state index >= 15 is 0 Å². The summed E-state index contributed by atoms with van der Waals surface area (Å²) >= 11 is 1.30. The Balaban J connectivity index is 2.29. The fraction of sp³-hybridized carbons (Fsp3) is 0.118. The fourth-order valence-corrected chi connectivity index (χ4v) is 3.73. The molecule has 1 aromatic heterocycles. The van der Waals surface area contributed by atoms with Gasteiger partial charge in [0.05, 0.1) is 18.1 Å². The summed E-state index contributed by atoms with van der Waals surface area (Å²) in [6.45, 7) is 0. The third-order valence-electron chi connectivity index (χ3n) is 3.37. The van der Waals surface area contributed by atoms with E-state index in [-0.39, 0.29) is 5.56 Å². The number of rotatable bonds is 2. The van der Waals surface area contributed by atoms with Crippen LogP contribution in [0.4, 0.5) is 13.2 Å². The van der Waals surface area contributed by atoms with Gasteiger partial charge in [0.25, 0.3) is 0 Å². The largest absolute Gasteiger partial charge is 0.393 e. The lowest BCUT2D eigenvalue weighted by molar-refractivity contribution is -0.126. The predicted octanol–water partition coefficient (Wildman–Crippen LogP) is 5.54.